The summed E-state index contributed by atoms with van der Waals surface area (Å²) in [7, 11) is 3.21. The van der Waals surface area contributed by atoms with Gasteiger partial charge in [0.05, 0.1) is 14.2 Å². The van der Waals surface area contributed by atoms with Gasteiger partial charge in [0.25, 0.3) is 5.91 Å². The Labute approximate surface area is 193 Å². The van der Waals surface area contributed by atoms with Crippen LogP contribution in [-0.2, 0) is 6.54 Å². The van der Waals surface area contributed by atoms with Crippen LogP contribution in [0.15, 0.2) is 60.8 Å². The molecule has 3 aromatic rings. The second-order valence-electron chi connectivity index (χ2n) is 7.44. The van der Waals surface area contributed by atoms with Gasteiger partial charge in [-0.3, -0.25) is 4.79 Å². The number of hydrogen-bond acceptors (Lipinski definition) is 6. The molecule has 0 saturated carbocycles. The number of thioether (sulfide) groups is 1. The number of anilines is 1. The van der Waals surface area contributed by atoms with E-state index in [1.807, 2.05) is 54.4 Å². The van der Waals surface area contributed by atoms with Crippen LogP contribution in [0.25, 0.3) is 11.1 Å². The molecular weight excluding hydrogens is 422 g/mol. The van der Waals surface area contributed by atoms with Crippen LogP contribution in [0.2, 0.25) is 0 Å². The van der Waals surface area contributed by atoms with Crippen molar-refractivity contribution < 1.29 is 14.3 Å². The van der Waals surface area contributed by atoms with Gasteiger partial charge < -0.3 is 19.7 Å². The molecule has 2 aromatic carbocycles. The number of hydrogen-bond donors (Lipinski definition) is 1. The lowest BCUT2D eigenvalue weighted by Gasteiger charge is -2.27. The molecule has 2 heterocycles. The highest BCUT2D eigenvalue weighted by molar-refractivity contribution is 7.99. The van der Waals surface area contributed by atoms with E-state index in [4.69, 9.17) is 9.47 Å². The molecule has 6 nitrogen and oxygen atoms in total. The summed E-state index contributed by atoms with van der Waals surface area (Å²) in [6.07, 6.45) is 1.90. The summed E-state index contributed by atoms with van der Waals surface area (Å²) in [5, 5.41) is 2.95. The van der Waals surface area contributed by atoms with Crippen LogP contribution in [-0.4, -0.2) is 49.7 Å². The highest BCUT2D eigenvalue weighted by Gasteiger charge is 2.13. The summed E-state index contributed by atoms with van der Waals surface area (Å²) >= 11 is 1.99. The zero-order chi connectivity index (χ0) is 22.3. The fraction of sp³-hybridized carbons (Fsp3) is 0.280. The van der Waals surface area contributed by atoms with Gasteiger partial charge in [0.15, 0.2) is 0 Å². The number of rotatable bonds is 7. The minimum atomic E-state index is -0.133. The van der Waals surface area contributed by atoms with E-state index in [0.29, 0.717) is 23.6 Å². The van der Waals surface area contributed by atoms with Crippen molar-refractivity contribution in [3.05, 3.63) is 71.9 Å². The Morgan fingerprint density at radius 1 is 1.00 bits per heavy atom. The molecule has 0 unspecified atom stereocenters. The molecule has 0 spiro atoms. The molecule has 0 bridgehead atoms. The molecule has 0 aliphatic carbocycles. The van der Waals surface area contributed by atoms with E-state index < -0.39 is 0 Å². The third-order valence-corrected chi connectivity index (χ3v) is 6.44. The van der Waals surface area contributed by atoms with Gasteiger partial charge in [0.2, 0.25) is 0 Å². The van der Waals surface area contributed by atoms with Gasteiger partial charge in [-0.15, -0.1) is 0 Å². The quantitative estimate of drug-likeness (QED) is 0.582. The summed E-state index contributed by atoms with van der Waals surface area (Å²) in [6, 6.07) is 17.3. The molecule has 1 amide bonds. The van der Waals surface area contributed by atoms with Gasteiger partial charge in [-0.1, -0.05) is 12.1 Å². The first kappa shape index (κ1) is 22.0. The van der Waals surface area contributed by atoms with Gasteiger partial charge >= 0.3 is 0 Å². The number of methoxy groups -OCH3 is 2. The van der Waals surface area contributed by atoms with Crippen molar-refractivity contribution in [1.29, 1.82) is 0 Å². The van der Waals surface area contributed by atoms with Crippen LogP contribution < -0.4 is 19.7 Å². The highest BCUT2D eigenvalue weighted by Crippen LogP contribution is 2.25. The van der Waals surface area contributed by atoms with Crippen LogP contribution in [0.1, 0.15) is 15.9 Å². The molecule has 1 N–H and O–H groups in total. The zero-order valence-electron chi connectivity index (χ0n) is 18.3. The lowest BCUT2D eigenvalue weighted by atomic mass is 10.1. The van der Waals surface area contributed by atoms with Gasteiger partial charge in [-0.05, 0) is 42.0 Å². The lowest BCUT2D eigenvalue weighted by molar-refractivity contribution is 0.0950. The molecule has 1 aromatic heterocycles. The third-order valence-electron chi connectivity index (χ3n) is 5.50. The normalized spacial score (nSPS) is 13.5. The molecule has 0 radical (unpaired) electrons. The van der Waals surface area contributed by atoms with Crippen molar-refractivity contribution in [2.75, 3.05) is 43.7 Å². The molecule has 1 saturated heterocycles. The van der Waals surface area contributed by atoms with Crippen LogP contribution in [0.5, 0.6) is 11.5 Å². The second-order valence-corrected chi connectivity index (χ2v) is 8.67. The Morgan fingerprint density at radius 3 is 2.41 bits per heavy atom. The summed E-state index contributed by atoms with van der Waals surface area (Å²) in [5.41, 5.74) is 3.56. The smallest absolute Gasteiger partial charge is 0.251 e. The Bertz CT molecular complexity index is 1050. The average Bonchev–Trinajstić information content (AvgIpc) is 2.88. The van der Waals surface area contributed by atoms with Crippen molar-refractivity contribution >= 4 is 23.5 Å². The molecule has 0 atom stereocenters. The van der Waals surface area contributed by atoms with Gasteiger partial charge in [0, 0.05) is 60.1 Å². The minimum absolute atomic E-state index is 0.133. The van der Waals surface area contributed by atoms with E-state index in [2.05, 4.69) is 27.3 Å². The molecule has 4 rings (SSSR count). The number of benzene rings is 2. The fourth-order valence-corrected chi connectivity index (χ4v) is 4.53. The van der Waals surface area contributed by atoms with E-state index in [-0.39, 0.29) is 5.91 Å². The lowest BCUT2D eigenvalue weighted by Crippen LogP contribution is -2.32. The van der Waals surface area contributed by atoms with Crippen LogP contribution >= 0.6 is 11.8 Å². The average molecular weight is 450 g/mol. The predicted octanol–water partition coefficient (Wildman–Crippen LogP) is 4.25. The van der Waals surface area contributed by atoms with E-state index in [0.717, 1.165) is 47.1 Å². The van der Waals surface area contributed by atoms with E-state index in [1.165, 1.54) is 0 Å². The first-order valence-corrected chi connectivity index (χ1v) is 11.7. The maximum atomic E-state index is 12.6. The molecule has 1 aliphatic rings. The van der Waals surface area contributed by atoms with Crippen molar-refractivity contribution in [3.63, 3.8) is 0 Å². The number of aromatic nitrogens is 1. The van der Waals surface area contributed by atoms with Gasteiger partial charge in [0.1, 0.15) is 17.3 Å². The number of carbonyl (C=O) groups excluding carboxylic acids is 1. The Kier molecular flexibility index (Phi) is 7.17. The van der Waals surface area contributed by atoms with Crippen molar-refractivity contribution in [1.82, 2.24) is 10.3 Å². The molecule has 1 aliphatic heterocycles. The number of pyridine rings is 1. The van der Waals surface area contributed by atoms with Crippen molar-refractivity contribution in [3.8, 4) is 22.6 Å². The molecule has 32 heavy (non-hydrogen) atoms. The van der Waals surface area contributed by atoms with Gasteiger partial charge in [-0.25, -0.2) is 4.98 Å². The maximum absolute atomic E-state index is 12.6. The third kappa shape index (κ3) is 5.16. The Hall–Kier alpha value is -3.19. The van der Waals surface area contributed by atoms with Crippen LogP contribution in [0.3, 0.4) is 0 Å². The van der Waals surface area contributed by atoms with Gasteiger partial charge in [-0.2, -0.15) is 11.8 Å². The monoisotopic (exact) mass is 449 g/mol. The van der Waals surface area contributed by atoms with E-state index in [1.54, 1.807) is 20.3 Å². The molecule has 1 fully saturated rings. The Balaban J connectivity index is 1.38. The highest BCUT2D eigenvalue weighted by atomic mass is 32.2. The van der Waals surface area contributed by atoms with E-state index in [9.17, 15) is 4.79 Å². The molecular formula is C25H27N3O3S. The summed E-state index contributed by atoms with van der Waals surface area (Å²) in [4.78, 5) is 19.6. The maximum Gasteiger partial charge on any atom is 0.251 e. The van der Waals surface area contributed by atoms with Crippen LogP contribution in [0, 0.1) is 0 Å². The standard InChI is InChI=1S/C25H27N3O3S/c1-30-22-9-7-21(23(15-22)31-2)17-27-25(29)19-5-3-18(4-6-19)20-8-10-24(26-16-20)28-11-13-32-14-12-28/h3-10,15-16H,11-14,17H2,1-2H3,(H,27,29). The van der Waals surface area contributed by atoms with Crippen molar-refractivity contribution in [2.45, 2.75) is 6.54 Å². The second kappa shape index (κ2) is 10.4. The largest absolute Gasteiger partial charge is 0.497 e. The number of carbonyl (C=O) groups is 1. The Morgan fingerprint density at radius 2 is 1.75 bits per heavy atom. The minimum Gasteiger partial charge on any atom is -0.497 e. The molecule has 7 heteroatoms. The van der Waals surface area contributed by atoms with Crippen LogP contribution in [0.4, 0.5) is 5.82 Å². The number of nitrogens with zero attached hydrogens (tertiary/aromatic N) is 2. The first-order chi connectivity index (χ1) is 15.7. The summed E-state index contributed by atoms with van der Waals surface area (Å²) in [6.45, 7) is 2.46. The summed E-state index contributed by atoms with van der Waals surface area (Å²) in [5.74, 6) is 4.59. The predicted molar refractivity (Wildman–Crippen MR) is 130 cm³/mol. The first-order valence-electron chi connectivity index (χ1n) is 10.6. The number of nitrogens with one attached hydrogen (secondary N) is 1. The number of ether oxygens (including phenoxy) is 2. The van der Waals surface area contributed by atoms with E-state index >= 15 is 0 Å². The van der Waals surface area contributed by atoms with Crippen molar-refractivity contribution in [2.24, 2.45) is 0 Å². The molecule has 166 valence electrons. The SMILES string of the molecule is COc1ccc(CNC(=O)c2ccc(-c3ccc(N4CCSCC4)nc3)cc2)c(OC)c1. The fourth-order valence-electron chi connectivity index (χ4n) is 3.63. The topological polar surface area (TPSA) is 63.7 Å². The summed E-state index contributed by atoms with van der Waals surface area (Å²) < 4.78 is 10.6. The zero-order valence-corrected chi connectivity index (χ0v) is 19.2. The number of amides is 1.